The van der Waals surface area contributed by atoms with Gasteiger partial charge in [-0.05, 0) is 19.1 Å². The Kier molecular flexibility index (Phi) is 2.54. The van der Waals surface area contributed by atoms with Crippen molar-refractivity contribution in [1.82, 2.24) is 0 Å². The van der Waals surface area contributed by atoms with Crippen LogP contribution >= 0.6 is 22.9 Å². The van der Waals surface area contributed by atoms with Gasteiger partial charge in [0.2, 0.25) is 0 Å². The van der Waals surface area contributed by atoms with E-state index in [-0.39, 0.29) is 6.61 Å². The highest BCUT2D eigenvalue weighted by atomic mass is 35.5. The van der Waals surface area contributed by atoms with Gasteiger partial charge in [0.15, 0.2) is 0 Å². The summed E-state index contributed by atoms with van der Waals surface area (Å²) in [6.45, 7) is 1.71. The van der Waals surface area contributed by atoms with Crippen molar-refractivity contribution >= 4 is 22.9 Å². The van der Waals surface area contributed by atoms with E-state index >= 15 is 0 Å². The third-order valence-electron chi connectivity index (χ3n) is 1.46. The number of hydrogen-bond donors (Lipinski definition) is 2. The Balaban J connectivity index is 2.92. The Hall–Kier alpha value is -0.0900. The maximum atomic E-state index is 8.90. The van der Waals surface area contributed by atoms with Crippen molar-refractivity contribution in [3.05, 3.63) is 21.3 Å². The van der Waals surface area contributed by atoms with Crippen LogP contribution in [0.15, 0.2) is 12.1 Å². The van der Waals surface area contributed by atoms with Crippen LogP contribution in [0.25, 0.3) is 0 Å². The lowest BCUT2D eigenvalue weighted by Crippen LogP contribution is -2.35. The molecule has 2 nitrogen and oxygen atoms in total. The molecule has 0 unspecified atom stereocenters. The minimum absolute atomic E-state index is 0.0656. The van der Waals surface area contributed by atoms with Gasteiger partial charge < -0.3 is 10.8 Å². The molecule has 0 aliphatic carbocycles. The molecular formula is C7H10ClNOS. The van der Waals surface area contributed by atoms with Crippen molar-refractivity contribution in [3.8, 4) is 0 Å². The molecule has 0 saturated heterocycles. The number of aliphatic hydroxyl groups is 1. The van der Waals surface area contributed by atoms with Crippen molar-refractivity contribution in [3.63, 3.8) is 0 Å². The summed E-state index contributed by atoms with van der Waals surface area (Å²) in [6, 6.07) is 3.62. The van der Waals surface area contributed by atoms with E-state index in [1.807, 2.05) is 6.07 Å². The van der Waals surface area contributed by atoms with Gasteiger partial charge in [-0.15, -0.1) is 11.3 Å². The molecule has 0 aromatic carbocycles. The third-order valence-corrected chi connectivity index (χ3v) is 2.98. The third kappa shape index (κ3) is 1.93. The fraction of sp³-hybridized carbons (Fsp3) is 0.429. The lowest BCUT2D eigenvalue weighted by atomic mass is 10.0. The Labute approximate surface area is 74.6 Å². The lowest BCUT2D eigenvalue weighted by molar-refractivity contribution is 0.212. The summed E-state index contributed by atoms with van der Waals surface area (Å²) in [5.74, 6) is 0. The van der Waals surface area contributed by atoms with E-state index in [2.05, 4.69) is 0 Å². The molecule has 4 heteroatoms. The zero-order valence-corrected chi connectivity index (χ0v) is 7.75. The van der Waals surface area contributed by atoms with Crippen LogP contribution in [0.1, 0.15) is 11.8 Å². The van der Waals surface area contributed by atoms with Crippen LogP contribution in [0.4, 0.5) is 0 Å². The van der Waals surface area contributed by atoms with Gasteiger partial charge in [0.25, 0.3) is 0 Å². The first kappa shape index (κ1) is 9.00. The molecule has 0 amide bonds. The Morgan fingerprint density at radius 2 is 2.36 bits per heavy atom. The molecule has 3 N–H and O–H groups in total. The highest BCUT2D eigenvalue weighted by Gasteiger charge is 2.21. The lowest BCUT2D eigenvalue weighted by Gasteiger charge is -2.19. The topological polar surface area (TPSA) is 46.2 Å². The number of halogens is 1. The molecular weight excluding hydrogens is 182 g/mol. The van der Waals surface area contributed by atoms with Crippen LogP contribution in [-0.4, -0.2) is 11.7 Å². The average Bonchev–Trinajstić information content (AvgIpc) is 2.36. The number of hydrogen-bond acceptors (Lipinski definition) is 3. The summed E-state index contributed by atoms with van der Waals surface area (Å²) < 4.78 is 0.699. The van der Waals surface area contributed by atoms with Crippen molar-refractivity contribution in [1.29, 1.82) is 0 Å². The first-order valence-electron chi connectivity index (χ1n) is 3.22. The fourth-order valence-electron chi connectivity index (χ4n) is 0.699. The van der Waals surface area contributed by atoms with E-state index in [1.54, 1.807) is 13.0 Å². The predicted molar refractivity (Wildman–Crippen MR) is 48.0 cm³/mol. The van der Waals surface area contributed by atoms with Gasteiger partial charge in [0.1, 0.15) is 0 Å². The Morgan fingerprint density at radius 3 is 2.73 bits per heavy atom. The SMILES string of the molecule is C[C@@](N)(CO)c1ccc(Cl)s1. The summed E-state index contributed by atoms with van der Waals surface area (Å²) in [7, 11) is 0. The second kappa shape index (κ2) is 3.11. The van der Waals surface area contributed by atoms with Gasteiger partial charge in [-0.3, -0.25) is 0 Å². The van der Waals surface area contributed by atoms with Gasteiger partial charge in [-0.1, -0.05) is 11.6 Å². The molecule has 0 aliphatic rings. The predicted octanol–water partition coefficient (Wildman–Crippen LogP) is 1.57. The molecule has 0 fully saturated rings. The summed E-state index contributed by atoms with van der Waals surface area (Å²) in [4.78, 5) is 0.907. The molecule has 62 valence electrons. The molecule has 1 atom stereocenters. The van der Waals surface area contributed by atoms with Gasteiger partial charge in [0.05, 0.1) is 16.5 Å². The number of rotatable bonds is 2. The van der Waals surface area contributed by atoms with Gasteiger partial charge in [-0.25, -0.2) is 0 Å². The maximum Gasteiger partial charge on any atom is 0.0931 e. The van der Waals surface area contributed by atoms with E-state index in [0.29, 0.717) is 4.34 Å². The highest BCUT2D eigenvalue weighted by Crippen LogP contribution is 2.28. The van der Waals surface area contributed by atoms with E-state index in [0.717, 1.165) is 4.88 Å². The first-order valence-corrected chi connectivity index (χ1v) is 4.41. The summed E-state index contributed by atoms with van der Waals surface area (Å²) >= 11 is 7.10. The van der Waals surface area contributed by atoms with Crippen molar-refractivity contribution in [2.24, 2.45) is 5.73 Å². The monoisotopic (exact) mass is 191 g/mol. The van der Waals surface area contributed by atoms with E-state index in [4.69, 9.17) is 22.4 Å². The minimum atomic E-state index is -0.655. The summed E-state index contributed by atoms with van der Waals surface area (Å²) in [5.41, 5.74) is 5.10. The summed E-state index contributed by atoms with van der Waals surface area (Å²) in [6.07, 6.45) is 0. The first-order chi connectivity index (χ1) is 5.06. The van der Waals surface area contributed by atoms with E-state index in [1.165, 1.54) is 11.3 Å². The van der Waals surface area contributed by atoms with E-state index in [9.17, 15) is 0 Å². The number of aliphatic hydroxyl groups excluding tert-OH is 1. The standard InChI is InChI=1S/C7H10ClNOS/c1-7(9,4-10)5-2-3-6(8)11-5/h2-3,10H,4,9H2,1H3/t7-/m1/s1. The molecule has 11 heavy (non-hydrogen) atoms. The quantitative estimate of drug-likeness (QED) is 0.746. The smallest absolute Gasteiger partial charge is 0.0931 e. The van der Waals surface area contributed by atoms with Crippen LogP contribution in [0, 0.1) is 0 Å². The summed E-state index contributed by atoms with van der Waals surface area (Å²) in [5, 5.41) is 8.90. The van der Waals surface area contributed by atoms with Crippen LogP contribution in [0.2, 0.25) is 4.34 Å². The van der Waals surface area contributed by atoms with Crippen molar-refractivity contribution in [2.45, 2.75) is 12.5 Å². The van der Waals surface area contributed by atoms with Crippen LogP contribution < -0.4 is 5.73 Å². The zero-order valence-electron chi connectivity index (χ0n) is 6.17. The number of thiophene rings is 1. The maximum absolute atomic E-state index is 8.90. The number of nitrogens with two attached hydrogens (primary N) is 1. The second-order valence-electron chi connectivity index (χ2n) is 2.68. The molecule has 1 heterocycles. The Bertz CT molecular complexity index is 246. The molecule has 0 radical (unpaired) electrons. The minimum Gasteiger partial charge on any atom is -0.394 e. The fourth-order valence-corrected chi connectivity index (χ4v) is 1.79. The van der Waals surface area contributed by atoms with Gasteiger partial charge in [0, 0.05) is 4.88 Å². The normalized spacial score (nSPS) is 16.4. The van der Waals surface area contributed by atoms with Gasteiger partial charge in [-0.2, -0.15) is 0 Å². The zero-order chi connectivity index (χ0) is 8.48. The highest BCUT2D eigenvalue weighted by molar-refractivity contribution is 7.16. The second-order valence-corrected chi connectivity index (χ2v) is 4.39. The molecule has 0 bridgehead atoms. The van der Waals surface area contributed by atoms with Crippen LogP contribution in [0.5, 0.6) is 0 Å². The van der Waals surface area contributed by atoms with Crippen LogP contribution in [-0.2, 0) is 5.54 Å². The molecule has 1 aromatic rings. The largest absolute Gasteiger partial charge is 0.394 e. The van der Waals surface area contributed by atoms with Crippen LogP contribution in [0.3, 0.4) is 0 Å². The molecule has 1 aromatic heterocycles. The Morgan fingerprint density at radius 1 is 1.73 bits per heavy atom. The average molecular weight is 192 g/mol. The van der Waals surface area contributed by atoms with Crippen molar-refractivity contribution < 1.29 is 5.11 Å². The molecule has 1 rings (SSSR count). The molecule has 0 aliphatic heterocycles. The molecule has 0 saturated carbocycles. The van der Waals surface area contributed by atoms with E-state index < -0.39 is 5.54 Å². The van der Waals surface area contributed by atoms with Crippen molar-refractivity contribution in [2.75, 3.05) is 6.61 Å². The van der Waals surface area contributed by atoms with Gasteiger partial charge >= 0.3 is 0 Å². The molecule has 0 spiro atoms.